The van der Waals surface area contributed by atoms with Crippen LogP contribution in [0.15, 0.2) is 6.20 Å². The summed E-state index contributed by atoms with van der Waals surface area (Å²) in [6.45, 7) is 6.79. The van der Waals surface area contributed by atoms with Crippen LogP contribution in [-0.2, 0) is 11.3 Å². The highest BCUT2D eigenvalue weighted by atomic mass is 16.5. The van der Waals surface area contributed by atoms with Crippen LogP contribution in [0, 0.1) is 0 Å². The SMILES string of the molecule is CCn1cc(N)c(C(=O)NC(C)(C)COC)n1. The van der Waals surface area contributed by atoms with Gasteiger partial charge in [-0.2, -0.15) is 5.10 Å². The molecular formula is C11H20N4O2. The Kier molecular flexibility index (Phi) is 4.11. The van der Waals surface area contributed by atoms with Crippen LogP contribution < -0.4 is 11.1 Å². The number of hydrogen-bond donors (Lipinski definition) is 2. The third-order valence-electron chi connectivity index (χ3n) is 2.29. The number of ether oxygens (including phenoxy) is 1. The molecule has 17 heavy (non-hydrogen) atoms. The third-order valence-corrected chi connectivity index (χ3v) is 2.29. The summed E-state index contributed by atoms with van der Waals surface area (Å²) in [5.74, 6) is -0.281. The molecule has 0 radical (unpaired) electrons. The molecule has 1 amide bonds. The van der Waals surface area contributed by atoms with Crippen molar-refractivity contribution >= 4 is 11.6 Å². The smallest absolute Gasteiger partial charge is 0.274 e. The molecule has 0 spiro atoms. The monoisotopic (exact) mass is 240 g/mol. The molecular weight excluding hydrogens is 220 g/mol. The van der Waals surface area contributed by atoms with Crippen LogP contribution in [0.5, 0.6) is 0 Å². The van der Waals surface area contributed by atoms with Gasteiger partial charge in [0.05, 0.1) is 17.8 Å². The number of amides is 1. The second kappa shape index (κ2) is 5.18. The number of anilines is 1. The number of nitrogens with zero attached hydrogens (tertiary/aromatic N) is 2. The lowest BCUT2D eigenvalue weighted by Gasteiger charge is -2.24. The number of carbonyl (C=O) groups excluding carboxylic acids is 1. The molecule has 6 heteroatoms. The Labute approximate surface area is 101 Å². The zero-order chi connectivity index (χ0) is 13.1. The van der Waals surface area contributed by atoms with Crippen LogP contribution in [0.3, 0.4) is 0 Å². The molecule has 96 valence electrons. The molecule has 1 heterocycles. The Morgan fingerprint density at radius 2 is 2.29 bits per heavy atom. The summed E-state index contributed by atoms with van der Waals surface area (Å²) >= 11 is 0. The van der Waals surface area contributed by atoms with E-state index in [2.05, 4.69) is 10.4 Å². The molecule has 0 saturated heterocycles. The van der Waals surface area contributed by atoms with E-state index >= 15 is 0 Å². The number of rotatable bonds is 5. The Morgan fingerprint density at radius 3 is 2.76 bits per heavy atom. The number of nitrogens with two attached hydrogens (primary N) is 1. The third kappa shape index (κ3) is 3.45. The average molecular weight is 240 g/mol. The molecule has 0 saturated carbocycles. The summed E-state index contributed by atoms with van der Waals surface area (Å²) in [6, 6.07) is 0. The molecule has 0 aliphatic carbocycles. The van der Waals surface area contributed by atoms with E-state index in [1.165, 1.54) is 0 Å². The fourth-order valence-corrected chi connectivity index (χ4v) is 1.54. The van der Waals surface area contributed by atoms with Gasteiger partial charge in [0.25, 0.3) is 5.91 Å². The van der Waals surface area contributed by atoms with E-state index < -0.39 is 5.54 Å². The van der Waals surface area contributed by atoms with Gasteiger partial charge >= 0.3 is 0 Å². The van der Waals surface area contributed by atoms with E-state index in [4.69, 9.17) is 10.5 Å². The van der Waals surface area contributed by atoms with Crippen LogP contribution in [0.25, 0.3) is 0 Å². The molecule has 3 N–H and O–H groups in total. The predicted molar refractivity (Wildman–Crippen MR) is 65.7 cm³/mol. The molecule has 1 aromatic heterocycles. The summed E-state index contributed by atoms with van der Waals surface area (Å²) in [5.41, 5.74) is 5.93. The van der Waals surface area contributed by atoms with Crippen LogP contribution in [-0.4, -0.2) is 34.9 Å². The molecule has 0 bridgehead atoms. The topological polar surface area (TPSA) is 82.2 Å². The highest BCUT2D eigenvalue weighted by Crippen LogP contribution is 2.11. The second-order valence-corrected chi connectivity index (χ2v) is 4.56. The molecule has 1 rings (SSSR count). The van der Waals surface area contributed by atoms with Crippen molar-refractivity contribution in [1.29, 1.82) is 0 Å². The largest absolute Gasteiger partial charge is 0.396 e. The first kappa shape index (κ1) is 13.5. The maximum absolute atomic E-state index is 12.0. The van der Waals surface area contributed by atoms with Crippen LogP contribution >= 0.6 is 0 Å². The van der Waals surface area contributed by atoms with E-state index in [-0.39, 0.29) is 11.6 Å². The molecule has 6 nitrogen and oxygen atoms in total. The Balaban J connectivity index is 2.79. The van der Waals surface area contributed by atoms with Crippen molar-refractivity contribution in [3.8, 4) is 0 Å². The molecule has 0 aliphatic rings. The van der Waals surface area contributed by atoms with Gasteiger partial charge in [-0.05, 0) is 20.8 Å². The van der Waals surface area contributed by atoms with E-state index in [1.54, 1.807) is 18.0 Å². The fourth-order valence-electron chi connectivity index (χ4n) is 1.54. The first-order valence-electron chi connectivity index (χ1n) is 5.54. The normalized spacial score (nSPS) is 11.5. The summed E-state index contributed by atoms with van der Waals surface area (Å²) in [4.78, 5) is 12.0. The van der Waals surface area contributed by atoms with Gasteiger partial charge in [0.1, 0.15) is 0 Å². The molecule has 0 atom stereocenters. The van der Waals surface area contributed by atoms with Crippen LogP contribution in [0.1, 0.15) is 31.3 Å². The highest BCUT2D eigenvalue weighted by Gasteiger charge is 2.23. The lowest BCUT2D eigenvalue weighted by molar-refractivity contribution is 0.0815. The summed E-state index contributed by atoms with van der Waals surface area (Å²) in [7, 11) is 1.59. The first-order valence-corrected chi connectivity index (χ1v) is 5.54. The minimum Gasteiger partial charge on any atom is -0.396 e. The van der Waals surface area contributed by atoms with E-state index in [0.29, 0.717) is 18.8 Å². The average Bonchev–Trinajstić information content (AvgIpc) is 2.58. The molecule has 1 aromatic rings. The lowest BCUT2D eigenvalue weighted by atomic mass is 10.1. The van der Waals surface area contributed by atoms with Crippen molar-refractivity contribution in [2.24, 2.45) is 0 Å². The molecule has 0 aliphatic heterocycles. The maximum atomic E-state index is 12.0. The molecule has 0 aromatic carbocycles. The van der Waals surface area contributed by atoms with Crippen molar-refractivity contribution in [2.75, 3.05) is 19.5 Å². The first-order chi connectivity index (χ1) is 7.89. The lowest BCUT2D eigenvalue weighted by Crippen LogP contribution is -2.47. The van der Waals surface area contributed by atoms with Crippen LogP contribution in [0.2, 0.25) is 0 Å². The zero-order valence-electron chi connectivity index (χ0n) is 10.8. The summed E-state index contributed by atoms with van der Waals surface area (Å²) < 4.78 is 6.66. The van der Waals surface area contributed by atoms with Crippen molar-refractivity contribution in [1.82, 2.24) is 15.1 Å². The zero-order valence-corrected chi connectivity index (χ0v) is 10.8. The standard InChI is InChI=1S/C11H20N4O2/c1-5-15-6-8(12)9(14-15)10(16)13-11(2,3)7-17-4/h6H,5,7,12H2,1-4H3,(H,13,16). The van der Waals surface area contributed by atoms with Crippen molar-refractivity contribution in [3.63, 3.8) is 0 Å². The second-order valence-electron chi connectivity index (χ2n) is 4.56. The number of nitrogen functional groups attached to an aromatic ring is 1. The minimum atomic E-state index is -0.450. The van der Waals surface area contributed by atoms with Gasteiger partial charge in [-0.15, -0.1) is 0 Å². The number of aryl methyl sites for hydroxylation is 1. The minimum absolute atomic E-state index is 0.260. The van der Waals surface area contributed by atoms with E-state index in [1.807, 2.05) is 20.8 Å². The fraction of sp³-hybridized carbons (Fsp3) is 0.636. The number of aromatic nitrogens is 2. The maximum Gasteiger partial charge on any atom is 0.274 e. The number of nitrogens with one attached hydrogen (secondary N) is 1. The van der Waals surface area contributed by atoms with Gasteiger partial charge in [-0.25, -0.2) is 0 Å². The van der Waals surface area contributed by atoms with Crippen molar-refractivity contribution in [3.05, 3.63) is 11.9 Å². The van der Waals surface area contributed by atoms with Gasteiger partial charge in [-0.3, -0.25) is 9.48 Å². The van der Waals surface area contributed by atoms with Crippen LogP contribution in [0.4, 0.5) is 5.69 Å². The van der Waals surface area contributed by atoms with E-state index in [0.717, 1.165) is 0 Å². The Bertz CT molecular complexity index is 398. The number of hydrogen-bond acceptors (Lipinski definition) is 4. The molecule has 0 unspecified atom stereocenters. The summed E-state index contributed by atoms with van der Waals surface area (Å²) in [6.07, 6.45) is 1.65. The van der Waals surface area contributed by atoms with Gasteiger partial charge < -0.3 is 15.8 Å². The predicted octanol–water partition coefficient (Wildman–Crippen LogP) is 0.640. The Hall–Kier alpha value is -1.56. The Morgan fingerprint density at radius 1 is 1.65 bits per heavy atom. The van der Waals surface area contributed by atoms with Gasteiger partial charge in [-0.1, -0.05) is 0 Å². The quantitative estimate of drug-likeness (QED) is 0.791. The summed E-state index contributed by atoms with van der Waals surface area (Å²) in [5, 5.41) is 6.94. The number of carbonyl (C=O) groups is 1. The van der Waals surface area contributed by atoms with E-state index in [9.17, 15) is 4.79 Å². The van der Waals surface area contributed by atoms with Crippen molar-refractivity contribution < 1.29 is 9.53 Å². The van der Waals surface area contributed by atoms with Gasteiger partial charge in [0.2, 0.25) is 0 Å². The van der Waals surface area contributed by atoms with Gasteiger partial charge in [0, 0.05) is 19.9 Å². The number of methoxy groups -OCH3 is 1. The highest BCUT2D eigenvalue weighted by molar-refractivity contribution is 5.97. The van der Waals surface area contributed by atoms with Gasteiger partial charge in [0.15, 0.2) is 5.69 Å². The molecule has 0 fully saturated rings. The van der Waals surface area contributed by atoms with Crippen molar-refractivity contribution in [2.45, 2.75) is 32.9 Å².